The molecule has 3 aliphatic heterocycles. The van der Waals surface area contributed by atoms with E-state index in [2.05, 4.69) is 45.7 Å². The van der Waals surface area contributed by atoms with Crippen LogP contribution in [0.5, 0.6) is 0 Å². The normalized spacial score (nSPS) is 16.2. The molecule has 6 rings (SSSR count). The van der Waals surface area contributed by atoms with Gasteiger partial charge < -0.3 is 24.9 Å². The number of nitro benzene ring substituents is 3. The maximum Gasteiger partial charge on any atom is 0.269 e. The Labute approximate surface area is 336 Å². The maximum absolute atomic E-state index is 12.2. The van der Waals surface area contributed by atoms with Gasteiger partial charge in [0.15, 0.2) is 0 Å². The fourth-order valence-electron chi connectivity index (χ4n) is 6.76. The van der Waals surface area contributed by atoms with Crippen LogP contribution in [0.3, 0.4) is 0 Å². The summed E-state index contributed by atoms with van der Waals surface area (Å²) in [6.07, 6.45) is 0. The number of hydrogen-bond donors (Lipinski definition) is 1. The molecule has 16 nitrogen and oxygen atoms in total. The zero-order valence-electron chi connectivity index (χ0n) is 33.6. The SMILES string of the molecule is C.CC(C)(C)C(=O)N1CCN(c2ccc([N+](=O)[O-])cc2)CC1.CC(C)(C)CN1CCN(c2ccc([N+](=O)[O-])cc2)CC1.O=[N+]([O-])c1ccc(N2CCNCC2)cc1. The molecule has 312 valence electrons. The average molecular weight is 792 g/mol. The van der Waals surface area contributed by atoms with Gasteiger partial charge in [-0.05, 0) is 41.8 Å². The molecule has 1 N–H and O–H groups in total. The van der Waals surface area contributed by atoms with Crippen LogP contribution < -0.4 is 20.0 Å². The number of nitrogens with one attached hydrogen (secondary N) is 1. The monoisotopic (exact) mass is 791 g/mol. The summed E-state index contributed by atoms with van der Waals surface area (Å²) in [5.74, 6) is 0.172. The highest BCUT2D eigenvalue weighted by molar-refractivity contribution is 5.81. The topological polar surface area (TPSA) is 175 Å². The van der Waals surface area contributed by atoms with E-state index in [4.69, 9.17) is 0 Å². The molecule has 3 aliphatic rings. The fraction of sp³-hybridized carbons (Fsp3) is 0.537. The molecule has 3 aromatic rings. The molecule has 3 heterocycles. The van der Waals surface area contributed by atoms with Crippen molar-refractivity contribution in [2.45, 2.75) is 49.0 Å². The highest BCUT2D eigenvalue weighted by Crippen LogP contribution is 2.25. The van der Waals surface area contributed by atoms with Gasteiger partial charge in [-0.3, -0.25) is 40.0 Å². The van der Waals surface area contributed by atoms with E-state index in [1.54, 1.807) is 36.4 Å². The smallest absolute Gasteiger partial charge is 0.269 e. The van der Waals surface area contributed by atoms with E-state index >= 15 is 0 Å². The molecule has 0 atom stereocenters. The zero-order chi connectivity index (χ0) is 41.0. The van der Waals surface area contributed by atoms with E-state index in [0.717, 1.165) is 89.1 Å². The minimum Gasteiger partial charge on any atom is -0.369 e. The van der Waals surface area contributed by atoms with E-state index < -0.39 is 4.92 Å². The number of carbonyl (C=O) groups is 1. The number of hydrogen-bond acceptors (Lipinski definition) is 12. The van der Waals surface area contributed by atoms with Crippen molar-refractivity contribution in [1.82, 2.24) is 15.1 Å². The average Bonchev–Trinajstić information content (AvgIpc) is 3.18. The molecular weight excluding hydrogens is 731 g/mol. The third kappa shape index (κ3) is 14.3. The lowest BCUT2D eigenvalue weighted by atomic mass is 9.94. The van der Waals surface area contributed by atoms with Gasteiger partial charge >= 0.3 is 0 Å². The van der Waals surface area contributed by atoms with Crippen molar-refractivity contribution >= 4 is 40.0 Å². The second-order valence-electron chi connectivity index (χ2n) is 16.4. The lowest BCUT2D eigenvalue weighted by Gasteiger charge is -2.38. The molecule has 3 fully saturated rings. The minimum atomic E-state index is -0.399. The largest absolute Gasteiger partial charge is 0.369 e. The number of non-ortho nitro benzene ring substituents is 3. The second kappa shape index (κ2) is 20.7. The first-order chi connectivity index (χ1) is 26.4. The summed E-state index contributed by atoms with van der Waals surface area (Å²) in [5.41, 5.74) is 3.47. The van der Waals surface area contributed by atoms with Crippen LogP contribution in [-0.2, 0) is 4.79 Å². The van der Waals surface area contributed by atoms with E-state index in [1.807, 2.05) is 49.9 Å². The summed E-state index contributed by atoms with van der Waals surface area (Å²) in [5, 5.41) is 35.0. The van der Waals surface area contributed by atoms with Crippen LogP contribution in [-0.4, -0.2) is 116 Å². The molecule has 0 unspecified atom stereocenters. The highest BCUT2D eigenvalue weighted by atomic mass is 16.6. The van der Waals surface area contributed by atoms with Gasteiger partial charge in [0, 0.05) is 144 Å². The molecule has 1 amide bonds. The molecule has 3 aromatic carbocycles. The first-order valence-electron chi connectivity index (χ1n) is 19.1. The summed E-state index contributed by atoms with van der Waals surface area (Å²) in [7, 11) is 0. The first kappa shape index (κ1) is 46.0. The predicted molar refractivity (Wildman–Crippen MR) is 227 cm³/mol. The number of anilines is 3. The van der Waals surface area contributed by atoms with Crippen molar-refractivity contribution in [3.8, 4) is 0 Å². The van der Waals surface area contributed by atoms with E-state index in [9.17, 15) is 35.1 Å². The number of benzene rings is 3. The quantitative estimate of drug-likeness (QED) is 0.199. The van der Waals surface area contributed by atoms with Gasteiger partial charge in [-0.15, -0.1) is 0 Å². The van der Waals surface area contributed by atoms with Crippen molar-refractivity contribution in [2.75, 3.05) is 99.8 Å². The molecule has 16 heteroatoms. The van der Waals surface area contributed by atoms with Crippen molar-refractivity contribution in [3.05, 3.63) is 103 Å². The molecule has 0 saturated carbocycles. The Kier molecular flexibility index (Phi) is 16.7. The third-order valence-electron chi connectivity index (χ3n) is 9.67. The summed E-state index contributed by atoms with van der Waals surface area (Å²) in [4.78, 5) is 53.9. The Bertz CT molecular complexity index is 1740. The summed E-state index contributed by atoms with van der Waals surface area (Å²) in [6.45, 7) is 24.5. The van der Waals surface area contributed by atoms with Crippen molar-refractivity contribution in [3.63, 3.8) is 0 Å². The van der Waals surface area contributed by atoms with Gasteiger partial charge in [-0.2, -0.15) is 0 Å². The van der Waals surface area contributed by atoms with Gasteiger partial charge in [0.2, 0.25) is 5.91 Å². The van der Waals surface area contributed by atoms with E-state index in [0.29, 0.717) is 18.5 Å². The number of nitrogens with zero attached hydrogens (tertiary/aromatic N) is 8. The maximum atomic E-state index is 12.2. The molecule has 0 aromatic heterocycles. The van der Waals surface area contributed by atoms with Crippen molar-refractivity contribution < 1.29 is 19.6 Å². The van der Waals surface area contributed by atoms with Gasteiger partial charge in [0.1, 0.15) is 0 Å². The lowest BCUT2D eigenvalue weighted by molar-refractivity contribution is -0.385. The second-order valence-corrected chi connectivity index (χ2v) is 16.4. The van der Waals surface area contributed by atoms with Crippen LogP contribution in [0.1, 0.15) is 49.0 Å². The van der Waals surface area contributed by atoms with Crippen LogP contribution in [0, 0.1) is 41.2 Å². The first-order valence-corrected chi connectivity index (χ1v) is 19.1. The van der Waals surface area contributed by atoms with Gasteiger partial charge in [-0.25, -0.2) is 0 Å². The van der Waals surface area contributed by atoms with Gasteiger partial charge in [0.25, 0.3) is 17.1 Å². The zero-order valence-corrected chi connectivity index (χ0v) is 33.6. The number of rotatable bonds is 7. The minimum absolute atomic E-state index is 0. The van der Waals surface area contributed by atoms with Gasteiger partial charge in [0.05, 0.1) is 14.8 Å². The summed E-state index contributed by atoms with van der Waals surface area (Å²) in [6, 6.07) is 20.1. The standard InChI is InChI=1S/C15H21N3O3.C15H23N3O2.C10H13N3O2.CH4/c1-15(2,3)14(19)17-10-8-16(9-11-17)12-4-6-13(7-5-12)18(20)21;1-15(2,3)12-16-8-10-17(11-9-16)13-4-6-14(7-5-13)18(19)20;14-13(15)10-3-1-9(2-4-10)12-7-5-11-6-8-12;/h4-7H,8-11H2,1-3H3;4-7H,8-12H2,1-3H3;1-4,11H,5-8H2;1H4. The molecular formula is C41H61N9O7. The Balaban J connectivity index is 0.000000230. The van der Waals surface area contributed by atoms with Gasteiger partial charge in [-0.1, -0.05) is 49.0 Å². The predicted octanol–water partition coefficient (Wildman–Crippen LogP) is 6.69. The van der Waals surface area contributed by atoms with Crippen molar-refractivity contribution in [1.29, 1.82) is 0 Å². The number of nitro groups is 3. The van der Waals surface area contributed by atoms with Crippen molar-refractivity contribution in [2.24, 2.45) is 10.8 Å². The van der Waals surface area contributed by atoms with Crippen LogP contribution in [0.15, 0.2) is 72.8 Å². The molecule has 3 saturated heterocycles. The molecule has 0 spiro atoms. The molecule has 0 aliphatic carbocycles. The highest BCUT2D eigenvalue weighted by Gasteiger charge is 2.30. The Morgan fingerprint density at radius 1 is 0.544 bits per heavy atom. The molecule has 0 radical (unpaired) electrons. The molecule has 0 bridgehead atoms. The number of carbonyl (C=O) groups excluding carboxylic acids is 1. The van der Waals surface area contributed by atoms with E-state index in [-0.39, 0.29) is 45.7 Å². The van der Waals surface area contributed by atoms with Crippen LogP contribution >= 0.6 is 0 Å². The van der Waals surface area contributed by atoms with E-state index in [1.165, 1.54) is 12.1 Å². The Morgan fingerprint density at radius 3 is 1.16 bits per heavy atom. The Morgan fingerprint density at radius 2 is 0.860 bits per heavy atom. The lowest BCUT2D eigenvalue weighted by Crippen LogP contribution is -2.51. The van der Waals surface area contributed by atoms with Crippen LogP contribution in [0.4, 0.5) is 34.1 Å². The third-order valence-corrected chi connectivity index (χ3v) is 9.67. The Hall–Kier alpha value is -5.35. The molecule has 57 heavy (non-hydrogen) atoms. The summed E-state index contributed by atoms with van der Waals surface area (Å²) >= 11 is 0. The number of piperazine rings is 3. The fourth-order valence-corrected chi connectivity index (χ4v) is 6.76. The van der Waals surface area contributed by atoms with Crippen LogP contribution in [0.25, 0.3) is 0 Å². The summed E-state index contributed by atoms with van der Waals surface area (Å²) < 4.78 is 0. The number of amides is 1. The van der Waals surface area contributed by atoms with Crippen LogP contribution in [0.2, 0.25) is 0 Å².